The average Bonchev–Trinajstić information content (AvgIpc) is 2.68. The van der Waals surface area contributed by atoms with Crippen LogP contribution in [0.25, 0.3) is 0 Å². The molecule has 1 aliphatic heterocycles. The molecule has 0 saturated carbocycles. The summed E-state index contributed by atoms with van der Waals surface area (Å²) >= 11 is 0. The Morgan fingerprint density at radius 3 is 2.14 bits per heavy atom. The standard InChI is InChI=1S/C14H14F5NO/c1-20-8-7-12(11(20)21,13(15,16)14(17,18)19)9-10-5-3-2-4-6-10/h2-6H,7-9H2,1H3/t12-/m0/s1. The predicted octanol–water partition coefficient (Wildman–Crippen LogP) is 3.28. The van der Waals surface area contributed by atoms with Crippen molar-refractivity contribution in [1.82, 2.24) is 4.90 Å². The molecule has 0 spiro atoms. The lowest BCUT2D eigenvalue weighted by atomic mass is 9.74. The fraction of sp³-hybridized carbons (Fsp3) is 0.500. The van der Waals surface area contributed by atoms with Gasteiger partial charge in [-0.05, 0) is 18.4 Å². The van der Waals surface area contributed by atoms with Gasteiger partial charge in [0.05, 0.1) is 0 Å². The van der Waals surface area contributed by atoms with E-state index in [0.29, 0.717) is 0 Å². The van der Waals surface area contributed by atoms with Gasteiger partial charge >= 0.3 is 12.1 Å². The molecule has 116 valence electrons. The van der Waals surface area contributed by atoms with Gasteiger partial charge in [0, 0.05) is 13.6 Å². The van der Waals surface area contributed by atoms with Crippen molar-refractivity contribution in [2.24, 2.45) is 5.41 Å². The molecule has 1 atom stereocenters. The van der Waals surface area contributed by atoms with Gasteiger partial charge in [-0.1, -0.05) is 30.3 Å². The second-order valence-corrected chi connectivity index (χ2v) is 5.29. The molecule has 1 fully saturated rings. The Hall–Kier alpha value is -1.66. The lowest BCUT2D eigenvalue weighted by Crippen LogP contribution is -2.56. The van der Waals surface area contributed by atoms with Crippen LogP contribution in [0.3, 0.4) is 0 Å². The molecule has 1 saturated heterocycles. The number of rotatable bonds is 3. The zero-order valence-corrected chi connectivity index (χ0v) is 11.3. The van der Waals surface area contributed by atoms with Crippen LogP contribution in [0.2, 0.25) is 0 Å². The summed E-state index contributed by atoms with van der Waals surface area (Å²) in [6.45, 7) is -0.114. The molecule has 0 bridgehead atoms. The molecule has 0 aliphatic carbocycles. The molecular formula is C14H14F5NO. The first-order chi connectivity index (χ1) is 9.62. The van der Waals surface area contributed by atoms with Crippen LogP contribution in [-0.2, 0) is 11.2 Å². The highest BCUT2D eigenvalue weighted by molar-refractivity contribution is 5.86. The van der Waals surface area contributed by atoms with E-state index in [-0.39, 0.29) is 12.1 Å². The third-order valence-corrected chi connectivity index (χ3v) is 3.94. The molecular weight excluding hydrogens is 293 g/mol. The van der Waals surface area contributed by atoms with E-state index in [9.17, 15) is 26.7 Å². The first-order valence-electron chi connectivity index (χ1n) is 6.36. The minimum Gasteiger partial charge on any atom is -0.345 e. The van der Waals surface area contributed by atoms with Gasteiger partial charge in [0.2, 0.25) is 5.91 Å². The monoisotopic (exact) mass is 307 g/mol. The van der Waals surface area contributed by atoms with Crippen molar-refractivity contribution in [2.45, 2.75) is 24.9 Å². The SMILES string of the molecule is CN1CC[C@@](Cc2ccccc2)(C(F)(F)C(F)(F)F)C1=O. The van der Waals surface area contributed by atoms with Crippen molar-refractivity contribution in [3.8, 4) is 0 Å². The maximum Gasteiger partial charge on any atom is 0.454 e. The number of hydrogen-bond donors (Lipinski definition) is 0. The molecule has 1 heterocycles. The molecule has 1 aromatic rings. The van der Waals surface area contributed by atoms with Gasteiger partial charge in [0.15, 0.2) is 0 Å². The van der Waals surface area contributed by atoms with Gasteiger partial charge in [0.25, 0.3) is 0 Å². The second kappa shape index (κ2) is 4.96. The summed E-state index contributed by atoms with van der Waals surface area (Å²) in [5, 5.41) is 0. The maximum atomic E-state index is 14.0. The summed E-state index contributed by atoms with van der Waals surface area (Å²) in [4.78, 5) is 13.0. The van der Waals surface area contributed by atoms with Gasteiger partial charge in [-0.2, -0.15) is 22.0 Å². The number of halogens is 5. The lowest BCUT2D eigenvalue weighted by Gasteiger charge is -2.36. The highest BCUT2D eigenvalue weighted by Gasteiger charge is 2.74. The summed E-state index contributed by atoms with van der Waals surface area (Å²) in [7, 11) is 1.24. The van der Waals surface area contributed by atoms with Gasteiger partial charge in [0.1, 0.15) is 5.41 Å². The molecule has 0 N–H and O–H groups in total. The Morgan fingerprint density at radius 2 is 1.71 bits per heavy atom. The van der Waals surface area contributed by atoms with Crippen LogP contribution in [0.1, 0.15) is 12.0 Å². The number of benzene rings is 1. The van der Waals surface area contributed by atoms with E-state index < -0.39 is 36.3 Å². The van der Waals surface area contributed by atoms with E-state index in [4.69, 9.17) is 0 Å². The van der Waals surface area contributed by atoms with Crippen LogP contribution in [0, 0.1) is 5.41 Å². The first-order valence-corrected chi connectivity index (χ1v) is 6.36. The number of likely N-dealkylation sites (tertiary alicyclic amines) is 1. The fourth-order valence-corrected chi connectivity index (χ4v) is 2.71. The number of carbonyl (C=O) groups excluding carboxylic acids is 1. The van der Waals surface area contributed by atoms with Crippen molar-refractivity contribution >= 4 is 5.91 Å². The molecule has 2 nitrogen and oxygen atoms in total. The normalized spacial score (nSPS) is 23.7. The second-order valence-electron chi connectivity index (χ2n) is 5.29. The van der Waals surface area contributed by atoms with Crippen LogP contribution in [0.4, 0.5) is 22.0 Å². The summed E-state index contributed by atoms with van der Waals surface area (Å²) in [5.74, 6) is -6.23. The number of hydrogen-bond acceptors (Lipinski definition) is 1. The van der Waals surface area contributed by atoms with Crippen LogP contribution in [0.5, 0.6) is 0 Å². The minimum absolute atomic E-state index is 0.114. The quantitative estimate of drug-likeness (QED) is 0.785. The highest BCUT2D eigenvalue weighted by atomic mass is 19.4. The summed E-state index contributed by atoms with van der Waals surface area (Å²) in [6.07, 6.45) is -6.92. The van der Waals surface area contributed by atoms with E-state index in [1.54, 1.807) is 6.07 Å². The van der Waals surface area contributed by atoms with Crippen LogP contribution in [-0.4, -0.2) is 36.5 Å². The number of nitrogens with zero attached hydrogens (tertiary/aromatic N) is 1. The summed E-state index contributed by atoms with van der Waals surface area (Å²) in [5.41, 5.74) is -2.48. The minimum atomic E-state index is -5.76. The third-order valence-electron chi connectivity index (χ3n) is 3.94. The van der Waals surface area contributed by atoms with Gasteiger partial charge < -0.3 is 4.90 Å². The molecule has 1 amide bonds. The van der Waals surface area contributed by atoms with Crippen molar-refractivity contribution < 1.29 is 26.7 Å². The zero-order valence-electron chi connectivity index (χ0n) is 11.3. The molecule has 2 rings (SSSR count). The van der Waals surface area contributed by atoms with Crippen molar-refractivity contribution in [2.75, 3.05) is 13.6 Å². The van der Waals surface area contributed by atoms with Crippen LogP contribution < -0.4 is 0 Å². The van der Waals surface area contributed by atoms with Crippen LogP contribution in [0.15, 0.2) is 30.3 Å². The van der Waals surface area contributed by atoms with Gasteiger partial charge in [-0.3, -0.25) is 4.79 Å². The molecule has 7 heteroatoms. The Morgan fingerprint density at radius 1 is 1.14 bits per heavy atom. The van der Waals surface area contributed by atoms with Crippen molar-refractivity contribution in [1.29, 1.82) is 0 Å². The number of alkyl halides is 5. The Balaban J connectivity index is 2.49. The summed E-state index contributed by atoms with van der Waals surface area (Å²) < 4.78 is 66.5. The highest BCUT2D eigenvalue weighted by Crippen LogP contribution is 2.54. The molecule has 21 heavy (non-hydrogen) atoms. The first kappa shape index (κ1) is 15.7. The average molecular weight is 307 g/mol. The van der Waals surface area contributed by atoms with E-state index in [2.05, 4.69) is 0 Å². The maximum absolute atomic E-state index is 14.0. The molecule has 0 unspecified atom stereocenters. The van der Waals surface area contributed by atoms with Gasteiger partial charge in [-0.25, -0.2) is 0 Å². The molecule has 0 aromatic heterocycles. The summed E-state index contributed by atoms with van der Waals surface area (Å²) in [6, 6.07) is 7.59. The van der Waals surface area contributed by atoms with Crippen LogP contribution >= 0.6 is 0 Å². The van der Waals surface area contributed by atoms with E-state index in [1.165, 1.54) is 31.3 Å². The number of carbonyl (C=O) groups is 1. The predicted molar refractivity (Wildman–Crippen MR) is 65.8 cm³/mol. The van der Waals surface area contributed by atoms with E-state index in [0.717, 1.165) is 4.90 Å². The smallest absolute Gasteiger partial charge is 0.345 e. The lowest BCUT2D eigenvalue weighted by molar-refractivity contribution is -0.319. The fourth-order valence-electron chi connectivity index (χ4n) is 2.71. The van der Waals surface area contributed by atoms with E-state index >= 15 is 0 Å². The largest absolute Gasteiger partial charge is 0.454 e. The van der Waals surface area contributed by atoms with Gasteiger partial charge in [-0.15, -0.1) is 0 Å². The Labute approximate surface area is 118 Å². The topological polar surface area (TPSA) is 20.3 Å². The third kappa shape index (κ3) is 2.38. The molecule has 0 radical (unpaired) electrons. The number of amides is 1. The van der Waals surface area contributed by atoms with Crippen molar-refractivity contribution in [3.63, 3.8) is 0 Å². The van der Waals surface area contributed by atoms with E-state index in [1.807, 2.05) is 0 Å². The molecule has 1 aliphatic rings. The molecule has 1 aromatic carbocycles. The van der Waals surface area contributed by atoms with Crippen molar-refractivity contribution in [3.05, 3.63) is 35.9 Å². The Kier molecular flexibility index (Phi) is 3.71. The Bertz CT molecular complexity index is 528. The zero-order chi connectivity index (χ0) is 15.9.